The van der Waals surface area contributed by atoms with Crippen molar-refractivity contribution in [1.82, 2.24) is 0 Å². The van der Waals surface area contributed by atoms with E-state index in [2.05, 4.69) is 9.44 Å². The van der Waals surface area contributed by atoms with Gasteiger partial charge in [0.25, 0.3) is 20.0 Å². The third-order valence-electron chi connectivity index (χ3n) is 12.4. The molecular weight excluding hydrogens is 1030 g/mol. The number of carboxylic acid groups (broad SMARTS) is 1. The Hall–Kier alpha value is -7.66. The maximum absolute atomic E-state index is 13.5. The van der Waals surface area contributed by atoms with Crippen molar-refractivity contribution in [1.29, 1.82) is 0 Å². The third-order valence-corrected chi connectivity index (χ3v) is 15.2. The number of aliphatic carboxylic acids is 1. The normalized spacial score (nSPS) is 11.8. The number of halogens is 2. The van der Waals surface area contributed by atoms with Crippen molar-refractivity contribution in [2.24, 2.45) is 0 Å². The molecule has 0 saturated carbocycles. The maximum atomic E-state index is 13.5. The Bertz CT molecular complexity index is 3510. The number of nitrogens with zero attached hydrogens (tertiary/aromatic N) is 2. The van der Waals surface area contributed by atoms with E-state index in [1.54, 1.807) is 66.7 Å². The summed E-state index contributed by atoms with van der Waals surface area (Å²) in [7, 11) is -3.38. The molecule has 4 N–H and O–H groups in total. The average Bonchev–Trinajstić information content (AvgIpc) is 3.40. The number of esters is 1. The summed E-state index contributed by atoms with van der Waals surface area (Å²) >= 11 is 0. The van der Waals surface area contributed by atoms with E-state index in [-0.39, 0.29) is 70.6 Å². The van der Waals surface area contributed by atoms with Gasteiger partial charge in [0.1, 0.15) is 23.1 Å². The number of sulfonamides is 2. The number of rotatable bonds is 20. The van der Waals surface area contributed by atoms with E-state index >= 15 is 0 Å². The minimum absolute atomic E-state index is 0. The summed E-state index contributed by atoms with van der Waals surface area (Å²) in [5.41, 5.74) is 4.02. The quantitative estimate of drug-likeness (QED) is 0.0486. The second-order valence-corrected chi connectivity index (χ2v) is 20.9. The van der Waals surface area contributed by atoms with Crippen LogP contribution in [-0.2, 0) is 47.5 Å². The van der Waals surface area contributed by atoms with E-state index < -0.39 is 32.1 Å². The van der Waals surface area contributed by atoms with Crippen molar-refractivity contribution in [3.05, 3.63) is 193 Å². The van der Waals surface area contributed by atoms with Crippen molar-refractivity contribution in [2.75, 3.05) is 40.6 Å². The number of carbonyl (C=O) groups excluding carboxylic acids is 1. The van der Waals surface area contributed by atoms with Gasteiger partial charge in [0, 0.05) is 58.1 Å². The Kier molecular flexibility index (Phi) is 21.0. The molecule has 77 heavy (non-hydrogen) atoms. The van der Waals surface area contributed by atoms with Gasteiger partial charge in [0.2, 0.25) is 0 Å². The summed E-state index contributed by atoms with van der Waals surface area (Å²) in [6.07, 6.45) is 0.0270. The van der Waals surface area contributed by atoms with Gasteiger partial charge in [0.05, 0.1) is 55.3 Å². The number of carboxylic acids is 1. The first-order chi connectivity index (χ1) is 35.9. The SMILES string of the molecule is COC(=O)C[C@H](C)N(Cc1ccc(F)cc1)c1ccc(NS(=O)(=O)c2ccc(OC)cc2)c2ccccc12.COc1ccc(S(=O)(=O)Nc2ccc(N(Cc3ccc(F)cc3)[C@@H](C)CC(=O)O)c3ccccc23)cc1.[Li+].[OH-]. The summed E-state index contributed by atoms with van der Waals surface area (Å²) in [6, 6.07) is 45.6. The van der Waals surface area contributed by atoms with Gasteiger partial charge in [-0.2, -0.15) is 0 Å². The van der Waals surface area contributed by atoms with Crippen LogP contribution in [0.25, 0.3) is 21.5 Å². The van der Waals surface area contributed by atoms with Crippen LogP contribution in [-0.4, -0.2) is 72.8 Å². The largest absolute Gasteiger partial charge is 1.00 e. The fraction of sp³-hybridized carbons (Fsp3) is 0.193. The Morgan fingerprint density at radius 3 is 1.21 bits per heavy atom. The molecule has 8 aromatic rings. The number of fused-ring (bicyclic) bond motifs is 2. The number of hydrogen-bond acceptors (Lipinski definition) is 12. The first kappa shape index (κ1) is 60.2. The number of nitrogens with one attached hydrogen (secondary N) is 2. The van der Waals surface area contributed by atoms with Gasteiger partial charge in [-0.1, -0.05) is 72.8 Å². The Morgan fingerprint density at radius 2 is 0.870 bits per heavy atom. The molecule has 15 nitrogen and oxygen atoms in total. The van der Waals surface area contributed by atoms with Crippen LogP contribution in [0.1, 0.15) is 37.8 Å². The summed E-state index contributed by atoms with van der Waals surface area (Å²) in [5.74, 6) is -0.874. The zero-order chi connectivity index (χ0) is 53.9. The van der Waals surface area contributed by atoms with Crippen molar-refractivity contribution in [3.63, 3.8) is 0 Å². The van der Waals surface area contributed by atoms with Crippen LogP contribution in [0.15, 0.2) is 180 Å². The molecule has 0 aliphatic rings. The zero-order valence-corrected chi connectivity index (χ0v) is 44.8. The van der Waals surface area contributed by atoms with E-state index in [1.807, 2.05) is 78.2 Å². The molecule has 8 aromatic carbocycles. The van der Waals surface area contributed by atoms with E-state index in [4.69, 9.17) is 14.2 Å². The average molecular weight is 1080 g/mol. The molecule has 0 radical (unpaired) electrons. The molecule has 0 heterocycles. The molecular formula is C57H57F2LiN4O11S2. The molecule has 0 bridgehead atoms. The van der Waals surface area contributed by atoms with Crippen molar-refractivity contribution >= 4 is 76.3 Å². The van der Waals surface area contributed by atoms with Crippen LogP contribution in [0.4, 0.5) is 31.5 Å². The Morgan fingerprint density at radius 1 is 0.519 bits per heavy atom. The fourth-order valence-corrected chi connectivity index (χ4v) is 10.6. The van der Waals surface area contributed by atoms with Crippen molar-refractivity contribution in [3.8, 4) is 11.5 Å². The number of anilines is 4. The summed E-state index contributed by atoms with van der Waals surface area (Å²) in [5, 5.41) is 12.3. The van der Waals surface area contributed by atoms with Gasteiger partial charge in [-0.05, 0) is 122 Å². The van der Waals surface area contributed by atoms with Crippen LogP contribution in [0, 0.1) is 11.6 Å². The van der Waals surface area contributed by atoms with Gasteiger partial charge in [0.15, 0.2) is 0 Å². The molecule has 20 heteroatoms. The van der Waals surface area contributed by atoms with Gasteiger partial charge in [-0.25, -0.2) is 25.6 Å². The molecule has 0 spiro atoms. The van der Waals surface area contributed by atoms with E-state index in [0.29, 0.717) is 46.7 Å². The van der Waals surface area contributed by atoms with Gasteiger partial charge in [-0.3, -0.25) is 19.0 Å². The minimum Gasteiger partial charge on any atom is -0.870 e. The van der Waals surface area contributed by atoms with E-state index in [0.717, 1.165) is 33.3 Å². The Labute approximate surface area is 459 Å². The Balaban J connectivity index is 0.000000277. The predicted molar refractivity (Wildman–Crippen MR) is 290 cm³/mol. The van der Waals surface area contributed by atoms with Crippen LogP contribution in [0.5, 0.6) is 11.5 Å². The molecule has 0 aromatic heterocycles. The first-order valence-corrected chi connectivity index (χ1v) is 26.5. The molecule has 0 saturated heterocycles. The van der Waals surface area contributed by atoms with Crippen molar-refractivity contribution < 1.29 is 78.9 Å². The molecule has 2 atom stereocenters. The molecule has 0 fully saturated rings. The minimum atomic E-state index is -3.88. The van der Waals surface area contributed by atoms with Gasteiger partial charge in [-0.15, -0.1) is 0 Å². The second kappa shape index (κ2) is 26.9. The number of carbonyl (C=O) groups is 2. The van der Waals surface area contributed by atoms with E-state index in [9.17, 15) is 40.3 Å². The number of methoxy groups -OCH3 is 3. The summed E-state index contributed by atoms with van der Waals surface area (Å²) in [6.45, 7) is 4.47. The fourth-order valence-electron chi connectivity index (χ4n) is 8.49. The molecule has 0 unspecified atom stereocenters. The second-order valence-electron chi connectivity index (χ2n) is 17.5. The summed E-state index contributed by atoms with van der Waals surface area (Å²) < 4.78 is 100. The first-order valence-electron chi connectivity index (χ1n) is 23.6. The van der Waals surface area contributed by atoms with Crippen molar-refractivity contribution in [2.45, 2.75) is 61.7 Å². The monoisotopic (exact) mass is 1080 g/mol. The topological polar surface area (TPSA) is 211 Å². The number of ether oxygens (including phenoxy) is 3. The van der Waals surface area contributed by atoms with Crippen LogP contribution in [0.2, 0.25) is 0 Å². The third kappa shape index (κ3) is 15.3. The molecule has 0 amide bonds. The molecule has 0 aliphatic carbocycles. The van der Waals surface area contributed by atoms with Gasteiger partial charge >= 0.3 is 30.8 Å². The number of hydrogen-bond donors (Lipinski definition) is 3. The smallest absolute Gasteiger partial charge is 0.870 e. The van der Waals surface area contributed by atoms with Crippen LogP contribution in [0.3, 0.4) is 0 Å². The predicted octanol–water partition coefficient (Wildman–Crippen LogP) is 8.23. The van der Waals surface area contributed by atoms with Crippen LogP contribution < -0.4 is 47.6 Å². The maximum Gasteiger partial charge on any atom is 1.00 e. The molecule has 398 valence electrons. The molecule has 0 aliphatic heterocycles. The van der Waals surface area contributed by atoms with E-state index in [1.165, 1.54) is 69.9 Å². The standard InChI is InChI=1S/C29H29FN2O5S.C28H27FN2O5S.Li.H2O/c1-20(18-29(33)37-3)32(19-21-8-10-22(30)11-9-21)28-17-16-27(25-6-4-5-7-26(25)28)31-38(34,35)24-14-12-23(36-2)13-15-24;1-19(17-28(32)33)31(18-20-7-9-21(29)10-8-20)27-16-15-26(24-5-3-4-6-25(24)27)30-37(34,35)23-13-11-22(36-2)12-14-23;;/h4-17,20,31H,18-19H2,1-3H3;3-16,19,30H,17-18H2,1-2H3,(H,32,33);;1H2/q;;+1;/p-1/t20-;19-;;/m00../s1. The summed E-state index contributed by atoms with van der Waals surface area (Å²) in [4.78, 5) is 27.8. The zero-order valence-electron chi connectivity index (χ0n) is 43.2. The molecule has 8 rings (SSSR count). The van der Waals surface area contributed by atoms with Crippen LogP contribution >= 0.6 is 0 Å². The number of benzene rings is 8. The van der Waals surface area contributed by atoms with Gasteiger partial charge < -0.3 is 34.6 Å².